The van der Waals surface area contributed by atoms with Crippen molar-refractivity contribution >= 4 is 23.2 Å². The molecule has 0 aliphatic heterocycles. The van der Waals surface area contributed by atoms with Crippen LogP contribution in [0.4, 0.5) is 5.69 Å². The Morgan fingerprint density at radius 1 is 1.44 bits per heavy atom. The molecule has 4 N–H and O–H groups in total. The van der Waals surface area contributed by atoms with Crippen LogP contribution < -0.4 is 16.4 Å². The molecular weight excluding hydrogens is 250 g/mol. The molecule has 0 spiro atoms. The van der Waals surface area contributed by atoms with Crippen molar-refractivity contribution in [3.05, 3.63) is 28.8 Å². The van der Waals surface area contributed by atoms with Gasteiger partial charge in [-0.3, -0.25) is 4.79 Å². The van der Waals surface area contributed by atoms with Gasteiger partial charge < -0.3 is 16.4 Å². The lowest BCUT2D eigenvalue weighted by molar-refractivity contribution is -0.116. The molecule has 0 aromatic heterocycles. The van der Waals surface area contributed by atoms with E-state index in [0.717, 1.165) is 30.6 Å². The maximum atomic E-state index is 11.2. The van der Waals surface area contributed by atoms with Crippen molar-refractivity contribution in [2.24, 2.45) is 11.5 Å². The molecule has 1 rings (SSSR count). The fourth-order valence-corrected chi connectivity index (χ4v) is 2.20. The minimum absolute atomic E-state index is 0.163. The molecule has 0 saturated carbocycles. The summed E-state index contributed by atoms with van der Waals surface area (Å²) in [5, 5.41) is 0.607. The van der Waals surface area contributed by atoms with E-state index in [2.05, 4.69) is 6.92 Å². The number of hydrogen-bond acceptors (Lipinski definition) is 3. The zero-order chi connectivity index (χ0) is 13.5. The van der Waals surface area contributed by atoms with Crippen LogP contribution in [-0.2, 0) is 11.3 Å². The number of amides is 1. The number of carbonyl (C=O) groups excluding carboxylic acids is 1. The molecule has 5 heteroatoms. The summed E-state index contributed by atoms with van der Waals surface area (Å²) in [5.74, 6) is -0.367. The third-order valence-electron chi connectivity index (χ3n) is 2.73. The highest BCUT2D eigenvalue weighted by molar-refractivity contribution is 6.33. The summed E-state index contributed by atoms with van der Waals surface area (Å²) < 4.78 is 0. The van der Waals surface area contributed by atoms with Crippen molar-refractivity contribution in [3.8, 4) is 0 Å². The zero-order valence-corrected chi connectivity index (χ0v) is 11.4. The highest BCUT2D eigenvalue weighted by atomic mass is 35.5. The largest absolute Gasteiger partial charge is 0.368 e. The monoisotopic (exact) mass is 269 g/mol. The molecule has 0 saturated heterocycles. The van der Waals surface area contributed by atoms with Gasteiger partial charge in [-0.15, -0.1) is 0 Å². The Bertz CT molecular complexity index is 409. The molecule has 0 aliphatic carbocycles. The molecule has 18 heavy (non-hydrogen) atoms. The Hall–Kier alpha value is -1.26. The lowest BCUT2D eigenvalue weighted by Gasteiger charge is -2.26. The van der Waals surface area contributed by atoms with Gasteiger partial charge in [-0.05, 0) is 18.1 Å². The summed E-state index contributed by atoms with van der Waals surface area (Å²) in [6, 6.07) is 5.58. The average molecular weight is 270 g/mol. The van der Waals surface area contributed by atoms with Crippen LogP contribution in [0.1, 0.15) is 25.3 Å². The van der Waals surface area contributed by atoms with Crippen molar-refractivity contribution in [3.63, 3.8) is 0 Å². The number of nitrogens with two attached hydrogens (primary N) is 2. The molecule has 0 heterocycles. The average Bonchev–Trinajstić information content (AvgIpc) is 2.34. The first kappa shape index (κ1) is 14.8. The van der Waals surface area contributed by atoms with Gasteiger partial charge in [0.05, 0.1) is 17.3 Å². The normalized spacial score (nSPS) is 10.4. The molecule has 1 aromatic rings. The molecule has 100 valence electrons. The Morgan fingerprint density at radius 3 is 2.72 bits per heavy atom. The minimum atomic E-state index is -0.367. The van der Waals surface area contributed by atoms with E-state index in [9.17, 15) is 4.79 Å². The van der Waals surface area contributed by atoms with Gasteiger partial charge >= 0.3 is 0 Å². The van der Waals surface area contributed by atoms with Crippen LogP contribution >= 0.6 is 11.6 Å². The van der Waals surface area contributed by atoms with Gasteiger partial charge in [0, 0.05) is 13.1 Å². The van der Waals surface area contributed by atoms with E-state index < -0.39 is 0 Å². The minimum Gasteiger partial charge on any atom is -0.368 e. The van der Waals surface area contributed by atoms with Crippen LogP contribution in [0.25, 0.3) is 0 Å². The number of benzene rings is 1. The van der Waals surface area contributed by atoms with Gasteiger partial charge in [-0.1, -0.05) is 37.1 Å². The molecule has 0 atom stereocenters. The van der Waals surface area contributed by atoms with E-state index in [4.69, 9.17) is 23.1 Å². The SMILES string of the molecule is CCCCN(CC(N)=O)c1c(Cl)cccc1CN. The lowest BCUT2D eigenvalue weighted by Crippen LogP contribution is -2.35. The van der Waals surface area contributed by atoms with Crippen LogP contribution in [0.5, 0.6) is 0 Å². The van der Waals surface area contributed by atoms with Crippen LogP contribution in [0.2, 0.25) is 5.02 Å². The van der Waals surface area contributed by atoms with Crippen molar-refractivity contribution in [1.82, 2.24) is 0 Å². The summed E-state index contributed by atoms with van der Waals surface area (Å²) in [4.78, 5) is 13.1. The molecular formula is C13H20ClN3O. The Morgan fingerprint density at radius 2 is 2.17 bits per heavy atom. The predicted octanol–water partition coefficient (Wildman–Crippen LogP) is 1.89. The first-order valence-electron chi connectivity index (χ1n) is 6.10. The van der Waals surface area contributed by atoms with Gasteiger partial charge in [0.25, 0.3) is 0 Å². The van der Waals surface area contributed by atoms with Crippen molar-refractivity contribution < 1.29 is 4.79 Å². The maximum absolute atomic E-state index is 11.2. The maximum Gasteiger partial charge on any atom is 0.236 e. The van der Waals surface area contributed by atoms with Crippen LogP contribution in [0.15, 0.2) is 18.2 Å². The van der Waals surface area contributed by atoms with Gasteiger partial charge in [0.2, 0.25) is 5.91 Å². The molecule has 0 radical (unpaired) electrons. The number of anilines is 1. The zero-order valence-electron chi connectivity index (χ0n) is 10.7. The summed E-state index contributed by atoms with van der Waals surface area (Å²) in [6.45, 7) is 3.39. The van der Waals surface area contributed by atoms with E-state index in [-0.39, 0.29) is 12.5 Å². The van der Waals surface area contributed by atoms with Crippen molar-refractivity contribution in [2.45, 2.75) is 26.3 Å². The Balaban J connectivity index is 3.06. The van der Waals surface area contributed by atoms with Gasteiger partial charge in [0.1, 0.15) is 0 Å². The molecule has 0 aliphatic rings. The molecule has 0 unspecified atom stereocenters. The van der Waals surface area contributed by atoms with Crippen molar-refractivity contribution in [1.29, 1.82) is 0 Å². The second-order valence-electron chi connectivity index (χ2n) is 4.19. The third-order valence-corrected chi connectivity index (χ3v) is 3.04. The van der Waals surface area contributed by atoms with E-state index >= 15 is 0 Å². The number of halogens is 1. The number of carbonyl (C=O) groups is 1. The van der Waals surface area contributed by atoms with E-state index in [1.54, 1.807) is 6.07 Å². The van der Waals surface area contributed by atoms with Gasteiger partial charge in [-0.25, -0.2) is 0 Å². The molecule has 1 amide bonds. The molecule has 0 bridgehead atoms. The van der Waals surface area contributed by atoms with E-state index in [1.807, 2.05) is 17.0 Å². The highest BCUT2D eigenvalue weighted by Gasteiger charge is 2.15. The fourth-order valence-electron chi connectivity index (χ4n) is 1.89. The smallest absolute Gasteiger partial charge is 0.236 e. The van der Waals surface area contributed by atoms with Gasteiger partial charge in [-0.2, -0.15) is 0 Å². The summed E-state index contributed by atoms with van der Waals surface area (Å²) in [5.41, 5.74) is 12.8. The predicted molar refractivity (Wildman–Crippen MR) is 75.7 cm³/mol. The number of nitrogens with zero attached hydrogens (tertiary/aromatic N) is 1. The number of hydrogen-bond donors (Lipinski definition) is 2. The lowest BCUT2D eigenvalue weighted by atomic mass is 10.1. The molecule has 1 aromatic carbocycles. The topological polar surface area (TPSA) is 72.3 Å². The number of primary amides is 1. The van der Waals surface area contributed by atoms with Crippen LogP contribution in [0.3, 0.4) is 0 Å². The highest BCUT2D eigenvalue weighted by Crippen LogP contribution is 2.29. The summed E-state index contributed by atoms with van der Waals surface area (Å²) in [7, 11) is 0. The molecule has 0 fully saturated rings. The second-order valence-corrected chi connectivity index (χ2v) is 4.60. The first-order chi connectivity index (χ1) is 8.60. The molecule has 4 nitrogen and oxygen atoms in total. The Labute approximate surface area is 113 Å². The summed E-state index contributed by atoms with van der Waals surface area (Å²) in [6.07, 6.45) is 2.01. The van der Waals surface area contributed by atoms with Crippen molar-refractivity contribution in [2.75, 3.05) is 18.0 Å². The quantitative estimate of drug-likeness (QED) is 0.794. The number of rotatable bonds is 7. The fraction of sp³-hybridized carbons (Fsp3) is 0.462. The number of para-hydroxylation sites is 1. The standard InChI is InChI=1S/C13H20ClN3O/c1-2-3-7-17(9-12(16)18)13-10(8-15)5-4-6-11(13)14/h4-6H,2-3,7-9,15H2,1H3,(H2,16,18). The van der Waals surface area contributed by atoms with Crippen LogP contribution in [-0.4, -0.2) is 19.0 Å². The Kier molecular flexibility index (Phi) is 5.95. The first-order valence-corrected chi connectivity index (χ1v) is 6.48. The summed E-state index contributed by atoms with van der Waals surface area (Å²) >= 11 is 6.22. The second kappa shape index (κ2) is 7.24. The van der Waals surface area contributed by atoms with E-state index in [1.165, 1.54) is 0 Å². The third kappa shape index (κ3) is 3.89. The number of unbranched alkanes of at least 4 members (excludes halogenated alkanes) is 1. The van der Waals surface area contributed by atoms with E-state index in [0.29, 0.717) is 11.6 Å². The van der Waals surface area contributed by atoms with Crippen LogP contribution in [0, 0.1) is 0 Å². The van der Waals surface area contributed by atoms with Gasteiger partial charge in [0.15, 0.2) is 0 Å².